The van der Waals surface area contributed by atoms with Crippen molar-refractivity contribution in [1.29, 1.82) is 0 Å². The van der Waals surface area contributed by atoms with Crippen molar-refractivity contribution in [1.82, 2.24) is 4.90 Å². The standard InChI is InChI=1S/C19H29N3O2/c1-19(2,3)24-18(23)22-12-16(17(20)13-22)14-7-6-8-15(11-14)21-9-4-5-10-21/h6-8,11,16-17H,4-5,9-10,12-13,20H2,1-3H3. The minimum atomic E-state index is -0.477. The van der Waals surface area contributed by atoms with E-state index in [0.29, 0.717) is 13.1 Å². The van der Waals surface area contributed by atoms with Gasteiger partial charge in [0, 0.05) is 43.8 Å². The van der Waals surface area contributed by atoms with E-state index in [1.165, 1.54) is 24.1 Å². The van der Waals surface area contributed by atoms with Gasteiger partial charge < -0.3 is 20.3 Å². The molecule has 3 rings (SSSR count). The second kappa shape index (κ2) is 6.63. The summed E-state index contributed by atoms with van der Waals surface area (Å²) in [5.74, 6) is 0.167. The van der Waals surface area contributed by atoms with Crippen LogP contribution in [0.1, 0.15) is 45.1 Å². The summed E-state index contributed by atoms with van der Waals surface area (Å²) >= 11 is 0. The summed E-state index contributed by atoms with van der Waals surface area (Å²) in [4.78, 5) is 16.5. The molecular weight excluding hydrogens is 302 g/mol. The summed E-state index contributed by atoms with van der Waals surface area (Å²) in [6.45, 7) is 9.09. The monoisotopic (exact) mass is 331 g/mol. The number of carbonyl (C=O) groups excluding carboxylic acids is 1. The largest absolute Gasteiger partial charge is 0.444 e. The first-order chi connectivity index (χ1) is 11.3. The molecule has 1 aromatic rings. The predicted octanol–water partition coefficient (Wildman–Crippen LogP) is 2.95. The summed E-state index contributed by atoms with van der Waals surface area (Å²) in [5.41, 5.74) is 8.36. The van der Waals surface area contributed by atoms with Crippen molar-refractivity contribution in [2.75, 3.05) is 31.1 Å². The third-order valence-corrected chi connectivity index (χ3v) is 4.79. The fourth-order valence-electron chi connectivity index (χ4n) is 3.58. The molecule has 0 radical (unpaired) electrons. The van der Waals surface area contributed by atoms with E-state index in [1.54, 1.807) is 4.90 Å². The van der Waals surface area contributed by atoms with Gasteiger partial charge in [-0.1, -0.05) is 12.1 Å². The normalized spacial score (nSPS) is 24.5. The molecule has 5 heteroatoms. The fourth-order valence-corrected chi connectivity index (χ4v) is 3.58. The lowest BCUT2D eigenvalue weighted by Gasteiger charge is -2.24. The summed E-state index contributed by atoms with van der Waals surface area (Å²) < 4.78 is 5.48. The molecule has 2 aliphatic heterocycles. The van der Waals surface area contributed by atoms with Crippen LogP contribution in [0.3, 0.4) is 0 Å². The molecular formula is C19H29N3O2. The molecule has 2 aliphatic rings. The molecule has 2 N–H and O–H groups in total. The second-order valence-corrected chi connectivity index (χ2v) is 7.94. The highest BCUT2D eigenvalue weighted by Crippen LogP contribution is 2.31. The Labute approximate surface area is 144 Å². The van der Waals surface area contributed by atoms with Crippen LogP contribution in [-0.2, 0) is 4.74 Å². The molecule has 2 saturated heterocycles. The Hall–Kier alpha value is -1.75. The van der Waals surface area contributed by atoms with Gasteiger partial charge in [0.1, 0.15) is 5.60 Å². The number of carbonyl (C=O) groups is 1. The molecule has 0 aliphatic carbocycles. The van der Waals surface area contributed by atoms with E-state index >= 15 is 0 Å². The number of anilines is 1. The van der Waals surface area contributed by atoms with Crippen LogP contribution in [0.25, 0.3) is 0 Å². The van der Waals surface area contributed by atoms with Gasteiger partial charge in [-0.2, -0.15) is 0 Å². The minimum Gasteiger partial charge on any atom is -0.444 e. The van der Waals surface area contributed by atoms with Gasteiger partial charge in [-0.05, 0) is 51.3 Å². The molecule has 2 unspecified atom stereocenters. The second-order valence-electron chi connectivity index (χ2n) is 7.94. The van der Waals surface area contributed by atoms with Crippen LogP contribution < -0.4 is 10.6 Å². The van der Waals surface area contributed by atoms with Gasteiger partial charge in [-0.15, -0.1) is 0 Å². The molecule has 0 spiro atoms. The Morgan fingerprint density at radius 1 is 1.21 bits per heavy atom. The molecule has 2 atom stereocenters. The topological polar surface area (TPSA) is 58.8 Å². The highest BCUT2D eigenvalue weighted by Gasteiger charge is 2.36. The van der Waals surface area contributed by atoms with Crippen LogP contribution in [0.2, 0.25) is 0 Å². The first-order valence-corrected chi connectivity index (χ1v) is 8.92. The van der Waals surface area contributed by atoms with Gasteiger partial charge in [-0.25, -0.2) is 4.79 Å². The summed E-state index contributed by atoms with van der Waals surface area (Å²) in [6, 6.07) is 8.59. The summed E-state index contributed by atoms with van der Waals surface area (Å²) in [6.07, 6.45) is 2.26. The van der Waals surface area contributed by atoms with E-state index in [9.17, 15) is 4.79 Å². The molecule has 2 fully saturated rings. The maximum Gasteiger partial charge on any atom is 0.410 e. The molecule has 1 aromatic carbocycles. The lowest BCUT2D eigenvalue weighted by Crippen LogP contribution is -2.36. The Morgan fingerprint density at radius 2 is 1.92 bits per heavy atom. The molecule has 2 heterocycles. The van der Waals surface area contributed by atoms with Crippen LogP contribution in [0, 0.1) is 0 Å². The maximum atomic E-state index is 12.3. The van der Waals surface area contributed by atoms with E-state index in [0.717, 1.165) is 13.1 Å². The number of rotatable bonds is 2. The molecule has 0 aromatic heterocycles. The smallest absolute Gasteiger partial charge is 0.410 e. The van der Waals surface area contributed by atoms with Gasteiger partial charge >= 0.3 is 6.09 Å². The summed E-state index contributed by atoms with van der Waals surface area (Å²) in [7, 11) is 0. The lowest BCUT2D eigenvalue weighted by atomic mass is 9.94. The van der Waals surface area contributed by atoms with Crippen LogP contribution >= 0.6 is 0 Å². The molecule has 0 saturated carbocycles. The highest BCUT2D eigenvalue weighted by atomic mass is 16.6. The van der Waals surface area contributed by atoms with E-state index in [4.69, 9.17) is 10.5 Å². The van der Waals surface area contributed by atoms with Crippen LogP contribution in [-0.4, -0.2) is 48.8 Å². The van der Waals surface area contributed by atoms with Crippen molar-refractivity contribution < 1.29 is 9.53 Å². The van der Waals surface area contributed by atoms with E-state index in [-0.39, 0.29) is 18.1 Å². The van der Waals surface area contributed by atoms with Gasteiger partial charge in [0.05, 0.1) is 0 Å². The Kier molecular flexibility index (Phi) is 4.72. The molecule has 0 bridgehead atoms. The van der Waals surface area contributed by atoms with Gasteiger partial charge in [0.2, 0.25) is 0 Å². The number of nitrogens with zero attached hydrogens (tertiary/aromatic N) is 2. The SMILES string of the molecule is CC(C)(C)OC(=O)N1CC(N)C(c2cccc(N3CCCC3)c2)C1. The van der Waals surface area contributed by atoms with Crippen molar-refractivity contribution >= 4 is 11.8 Å². The third-order valence-electron chi connectivity index (χ3n) is 4.79. The zero-order valence-corrected chi connectivity index (χ0v) is 15.0. The number of nitrogens with two attached hydrogens (primary N) is 1. The van der Waals surface area contributed by atoms with E-state index in [1.807, 2.05) is 20.8 Å². The number of likely N-dealkylation sites (tertiary alicyclic amines) is 1. The van der Waals surface area contributed by atoms with E-state index < -0.39 is 5.60 Å². The molecule has 5 nitrogen and oxygen atoms in total. The number of hydrogen-bond acceptors (Lipinski definition) is 4. The molecule has 24 heavy (non-hydrogen) atoms. The predicted molar refractivity (Wildman–Crippen MR) is 96.4 cm³/mol. The van der Waals surface area contributed by atoms with Crippen molar-refractivity contribution in [3.63, 3.8) is 0 Å². The Bertz CT molecular complexity index is 591. The Morgan fingerprint density at radius 3 is 2.58 bits per heavy atom. The van der Waals surface area contributed by atoms with Crippen molar-refractivity contribution in [2.24, 2.45) is 5.73 Å². The van der Waals surface area contributed by atoms with Gasteiger partial charge in [0.25, 0.3) is 0 Å². The van der Waals surface area contributed by atoms with Crippen molar-refractivity contribution in [2.45, 2.75) is 51.2 Å². The summed E-state index contributed by atoms with van der Waals surface area (Å²) in [5, 5.41) is 0. The van der Waals surface area contributed by atoms with Gasteiger partial charge in [-0.3, -0.25) is 0 Å². The highest BCUT2D eigenvalue weighted by molar-refractivity contribution is 5.69. The minimum absolute atomic E-state index is 0.0497. The number of ether oxygens (including phenoxy) is 1. The average molecular weight is 331 g/mol. The quantitative estimate of drug-likeness (QED) is 0.905. The number of benzene rings is 1. The van der Waals surface area contributed by atoms with Crippen molar-refractivity contribution in [3.05, 3.63) is 29.8 Å². The van der Waals surface area contributed by atoms with Crippen molar-refractivity contribution in [3.8, 4) is 0 Å². The first kappa shape index (κ1) is 17.1. The maximum absolute atomic E-state index is 12.3. The molecule has 1 amide bonds. The fraction of sp³-hybridized carbons (Fsp3) is 0.632. The third kappa shape index (κ3) is 3.83. The number of amides is 1. The van der Waals surface area contributed by atoms with Crippen LogP contribution in [0.15, 0.2) is 24.3 Å². The van der Waals surface area contributed by atoms with Crippen LogP contribution in [0.4, 0.5) is 10.5 Å². The average Bonchev–Trinajstić information content (AvgIpc) is 3.15. The molecule has 132 valence electrons. The Balaban J connectivity index is 1.71. The number of hydrogen-bond donors (Lipinski definition) is 1. The van der Waals surface area contributed by atoms with Gasteiger partial charge in [0.15, 0.2) is 0 Å². The van der Waals surface area contributed by atoms with Crippen LogP contribution in [0.5, 0.6) is 0 Å². The zero-order chi connectivity index (χ0) is 17.3. The van der Waals surface area contributed by atoms with E-state index in [2.05, 4.69) is 29.2 Å². The first-order valence-electron chi connectivity index (χ1n) is 8.92. The zero-order valence-electron chi connectivity index (χ0n) is 15.0. The lowest BCUT2D eigenvalue weighted by molar-refractivity contribution is 0.0290.